The Bertz CT molecular complexity index is 660. The highest BCUT2D eigenvalue weighted by Gasteiger charge is 2.47. The molecule has 0 saturated heterocycles. The van der Waals surface area contributed by atoms with Crippen molar-refractivity contribution in [2.75, 3.05) is 7.11 Å². The maximum absolute atomic E-state index is 12.2. The summed E-state index contributed by atoms with van der Waals surface area (Å²) in [5.41, 5.74) is 1.22. The Labute approximate surface area is 122 Å². The molecule has 5 heteroatoms. The summed E-state index contributed by atoms with van der Waals surface area (Å²) >= 11 is 0. The second-order valence-electron chi connectivity index (χ2n) is 5.77. The van der Waals surface area contributed by atoms with Gasteiger partial charge in [0.25, 0.3) is 0 Å². The molecule has 5 nitrogen and oxygen atoms in total. The highest BCUT2D eigenvalue weighted by Crippen LogP contribution is 2.42. The summed E-state index contributed by atoms with van der Waals surface area (Å²) in [5.74, 6) is -0.0554. The highest BCUT2D eigenvalue weighted by molar-refractivity contribution is 5.99. The van der Waals surface area contributed by atoms with E-state index >= 15 is 0 Å². The lowest BCUT2D eigenvalue weighted by Gasteiger charge is -2.27. The van der Waals surface area contributed by atoms with E-state index in [2.05, 4.69) is 5.32 Å². The van der Waals surface area contributed by atoms with Crippen molar-refractivity contribution >= 4 is 11.9 Å². The van der Waals surface area contributed by atoms with Gasteiger partial charge >= 0.3 is 5.97 Å². The topological polar surface area (TPSA) is 64.6 Å². The van der Waals surface area contributed by atoms with Crippen LogP contribution in [-0.2, 0) is 14.3 Å². The molecule has 2 heterocycles. The van der Waals surface area contributed by atoms with Gasteiger partial charge in [-0.25, -0.2) is 4.79 Å². The maximum atomic E-state index is 12.2. The molecule has 1 aromatic carbocycles. The summed E-state index contributed by atoms with van der Waals surface area (Å²) in [6.45, 7) is 3.56. The minimum Gasteiger partial charge on any atom is -0.497 e. The van der Waals surface area contributed by atoms with Crippen molar-refractivity contribution < 1.29 is 19.1 Å². The molecule has 3 rings (SSSR count). The van der Waals surface area contributed by atoms with Crippen molar-refractivity contribution in [1.82, 2.24) is 5.32 Å². The van der Waals surface area contributed by atoms with Gasteiger partial charge in [0, 0.05) is 12.3 Å². The number of carbonyl (C=O) groups is 2. The van der Waals surface area contributed by atoms with Gasteiger partial charge in [-0.15, -0.1) is 0 Å². The standard InChI is InChI=1S/C16H17NO4/c1-16(2)14-13(15(19)21-16)11(8-12(18)17-14)9-5-4-6-10(7-9)20-3/h4-7,11H,8H2,1-3H3,(H,17,18)/t11-/m0/s1. The largest absolute Gasteiger partial charge is 0.497 e. The number of carbonyl (C=O) groups excluding carboxylic acids is 2. The minimum atomic E-state index is -0.792. The number of cyclic esters (lactones) is 1. The maximum Gasteiger partial charge on any atom is 0.337 e. The van der Waals surface area contributed by atoms with E-state index in [1.165, 1.54) is 0 Å². The number of hydrogen-bond acceptors (Lipinski definition) is 4. The zero-order valence-corrected chi connectivity index (χ0v) is 12.2. The van der Waals surface area contributed by atoms with E-state index in [4.69, 9.17) is 9.47 Å². The molecule has 0 bridgehead atoms. The van der Waals surface area contributed by atoms with Gasteiger partial charge in [-0.1, -0.05) is 12.1 Å². The van der Waals surface area contributed by atoms with E-state index in [1.807, 2.05) is 24.3 Å². The molecule has 21 heavy (non-hydrogen) atoms. The van der Waals surface area contributed by atoms with Crippen LogP contribution in [-0.4, -0.2) is 24.6 Å². The lowest BCUT2D eigenvalue weighted by molar-refractivity contribution is -0.144. The summed E-state index contributed by atoms with van der Waals surface area (Å²) in [7, 11) is 1.59. The molecule has 0 aromatic heterocycles. The van der Waals surface area contributed by atoms with Crippen molar-refractivity contribution in [3.05, 3.63) is 41.1 Å². The Hall–Kier alpha value is -2.30. The molecule has 110 valence electrons. The van der Waals surface area contributed by atoms with Crippen LogP contribution in [0.25, 0.3) is 0 Å². The van der Waals surface area contributed by atoms with Crippen LogP contribution in [0.1, 0.15) is 31.7 Å². The van der Waals surface area contributed by atoms with Crippen LogP contribution >= 0.6 is 0 Å². The van der Waals surface area contributed by atoms with Crippen LogP contribution in [0, 0.1) is 0 Å². The van der Waals surface area contributed by atoms with Gasteiger partial charge in [-0.2, -0.15) is 0 Å². The summed E-state index contributed by atoms with van der Waals surface area (Å²) in [6.07, 6.45) is 0.233. The number of rotatable bonds is 2. The average molecular weight is 287 g/mol. The second kappa shape index (κ2) is 4.62. The Balaban J connectivity index is 2.11. The first-order valence-electron chi connectivity index (χ1n) is 6.84. The lowest BCUT2D eigenvalue weighted by atomic mass is 9.83. The van der Waals surface area contributed by atoms with E-state index in [9.17, 15) is 9.59 Å². The fourth-order valence-corrected chi connectivity index (χ4v) is 2.92. The number of amides is 1. The molecule has 2 aliphatic rings. The molecule has 1 atom stereocenters. The second-order valence-corrected chi connectivity index (χ2v) is 5.77. The van der Waals surface area contributed by atoms with Crippen molar-refractivity contribution in [3.8, 4) is 5.75 Å². The predicted molar refractivity (Wildman–Crippen MR) is 75.7 cm³/mol. The Morgan fingerprint density at radius 3 is 2.81 bits per heavy atom. The van der Waals surface area contributed by atoms with Gasteiger partial charge in [-0.3, -0.25) is 4.79 Å². The number of esters is 1. The molecular weight excluding hydrogens is 270 g/mol. The van der Waals surface area contributed by atoms with Crippen LogP contribution in [0.2, 0.25) is 0 Å². The molecule has 1 aromatic rings. The Morgan fingerprint density at radius 2 is 2.10 bits per heavy atom. The van der Waals surface area contributed by atoms with Crippen molar-refractivity contribution in [1.29, 1.82) is 0 Å². The van der Waals surface area contributed by atoms with Crippen LogP contribution in [0.5, 0.6) is 5.75 Å². The van der Waals surface area contributed by atoms with Gasteiger partial charge in [0.05, 0.1) is 18.4 Å². The number of hydrogen-bond donors (Lipinski definition) is 1. The lowest BCUT2D eigenvalue weighted by Crippen LogP contribution is -2.38. The molecule has 0 spiro atoms. The third kappa shape index (κ3) is 2.18. The normalized spacial score (nSPS) is 23.5. The Kier molecular flexibility index (Phi) is 3.01. The van der Waals surface area contributed by atoms with Gasteiger partial charge in [0.1, 0.15) is 11.4 Å². The van der Waals surface area contributed by atoms with E-state index in [0.717, 1.165) is 5.56 Å². The third-order valence-electron chi connectivity index (χ3n) is 3.94. The zero-order chi connectivity index (χ0) is 15.2. The zero-order valence-electron chi connectivity index (χ0n) is 12.2. The van der Waals surface area contributed by atoms with Gasteiger partial charge < -0.3 is 14.8 Å². The van der Waals surface area contributed by atoms with Crippen molar-refractivity contribution in [2.24, 2.45) is 0 Å². The van der Waals surface area contributed by atoms with Crippen molar-refractivity contribution in [2.45, 2.75) is 31.8 Å². The van der Waals surface area contributed by atoms with Gasteiger partial charge in [0.15, 0.2) is 0 Å². The summed E-state index contributed by atoms with van der Waals surface area (Å²) in [4.78, 5) is 24.2. The third-order valence-corrected chi connectivity index (χ3v) is 3.94. The van der Waals surface area contributed by atoms with E-state index in [1.54, 1.807) is 21.0 Å². The average Bonchev–Trinajstić information content (AvgIpc) is 2.68. The van der Waals surface area contributed by atoms with Crippen LogP contribution < -0.4 is 10.1 Å². The molecule has 1 amide bonds. The van der Waals surface area contributed by atoms with Crippen LogP contribution in [0.3, 0.4) is 0 Å². The van der Waals surface area contributed by atoms with E-state index in [-0.39, 0.29) is 24.2 Å². The molecular formula is C16H17NO4. The predicted octanol–water partition coefficient (Wildman–Crippen LogP) is 1.89. The molecule has 1 N–H and O–H groups in total. The number of nitrogens with one attached hydrogen (secondary N) is 1. The van der Waals surface area contributed by atoms with E-state index < -0.39 is 5.60 Å². The smallest absolute Gasteiger partial charge is 0.337 e. The fraction of sp³-hybridized carbons (Fsp3) is 0.375. The molecule has 0 fully saturated rings. The van der Waals surface area contributed by atoms with Gasteiger partial charge in [0.2, 0.25) is 5.91 Å². The minimum absolute atomic E-state index is 0.104. The quantitative estimate of drug-likeness (QED) is 0.844. The summed E-state index contributed by atoms with van der Waals surface area (Å²) in [6, 6.07) is 7.44. The number of ether oxygens (including phenoxy) is 2. The van der Waals surface area contributed by atoms with Crippen molar-refractivity contribution in [3.63, 3.8) is 0 Å². The molecule has 0 radical (unpaired) electrons. The fourth-order valence-electron chi connectivity index (χ4n) is 2.92. The highest BCUT2D eigenvalue weighted by atomic mass is 16.6. The molecule has 0 aliphatic carbocycles. The Morgan fingerprint density at radius 1 is 1.33 bits per heavy atom. The monoisotopic (exact) mass is 287 g/mol. The first-order chi connectivity index (χ1) is 9.92. The molecule has 0 saturated carbocycles. The van der Waals surface area contributed by atoms with Gasteiger partial charge in [-0.05, 0) is 31.5 Å². The number of benzene rings is 1. The first kappa shape index (κ1) is 13.7. The van der Waals surface area contributed by atoms with E-state index in [0.29, 0.717) is 17.0 Å². The number of methoxy groups -OCH3 is 1. The van der Waals surface area contributed by atoms with Crippen LogP contribution in [0.4, 0.5) is 0 Å². The molecule has 0 unspecified atom stereocenters. The first-order valence-corrected chi connectivity index (χ1v) is 6.84. The molecule has 2 aliphatic heterocycles. The van der Waals surface area contributed by atoms with Crippen LogP contribution in [0.15, 0.2) is 35.5 Å². The summed E-state index contributed by atoms with van der Waals surface area (Å²) < 4.78 is 10.6. The SMILES string of the molecule is COc1cccc([C@@H]2CC(=O)NC3=C2C(=O)OC3(C)C)c1. The summed E-state index contributed by atoms with van der Waals surface area (Å²) in [5, 5.41) is 2.79.